The van der Waals surface area contributed by atoms with E-state index in [0.717, 1.165) is 13.1 Å². The van der Waals surface area contributed by atoms with Crippen LogP contribution in [0.25, 0.3) is 0 Å². The molecule has 0 amide bonds. The molecule has 3 nitrogen and oxygen atoms in total. The van der Waals surface area contributed by atoms with Crippen molar-refractivity contribution in [2.24, 2.45) is 12.5 Å². The van der Waals surface area contributed by atoms with E-state index in [1.165, 1.54) is 17.7 Å². The van der Waals surface area contributed by atoms with E-state index >= 15 is 0 Å². The molecule has 1 aliphatic rings. The molecular formula is C12H21N3. The molecule has 0 bridgehead atoms. The molecule has 1 saturated heterocycles. The zero-order valence-electron chi connectivity index (χ0n) is 10.2. The second-order valence-electron chi connectivity index (χ2n) is 5.34. The lowest BCUT2D eigenvalue weighted by Gasteiger charge is -2.39. The Bertz CT molecular complexity index is 332. The molecule has 2 heterocycles. The molecule has 0 aliphatic carbocycles. The molecule has 1 N–H and O–H groups in total. The van der Waals surface area contributed by atoms with Gasteiger partial charge in [0.15, 0.2) is 0 Å². The molecule has 84 valence electrons. The normalized spacial score (nSPS) is 25.5. The molecule has 1 aromatic rings. The lowest BCUT2D eigenvalue weighted by molar-refractivity contribution is 0.210. The maximum Gasteiger partial charge on any atom is 0.0521 e. The fourth-order valence-electron chi connectivity index (χ4n) is 2.73. The number of nitrogens with one attached hydrogen (secondary N) is 1. The molecule has 1 unspecified atom stereocenters. The predicted octanol–water partition coefficient (Wildman–Crippen LogP) is 1.83. The van der Waals surface area contributed by atoms with Gasteiger partial charge in [-0.25, -0.2) is 0 Å². The maximum absolute atomic E-state index is 4.35. The van der Waals surface area contributed by atoms with Gasteiger partial charge < -0.3 is 5.32 Å². The van der Waals surface area contributed by atoms with E-state index in [0.29, 0.717) is 11.3 Å². The summed E-state index contributed by atoms with van der Waals surface area (Å²) in [6, 6.07) is 0. The summed E-state index contributed by atoms with van der Waals surface area (Å²) in [4.78, 5) is 0. The van der Waals surface area contributed by atoms with E-state index in [9.17, 15) is 0 Å². The summed E-state index contributed by atoms with van der Waals surface area (Å²) in [5, 5.41) is 7.83. The first kappa shape index (κ1) is 10.7. The fourth-order valence-corrected chi connectivity index (χ4v) is 2.73. The Hall–Kier alpha value is -0.830. The molecule has 0 aromatic carbocycles. The zero-order valence-corrected chi connectivity index (χ0v) is 10.2. The van der Waals surface area contributed by atoms with Crippen LogP contribution in [0.4, 0.5) is 0 Å². The molecule has 3 heteroatoms. The number of piperidine rings is 1. The molecule has 1 fully saturated rings. The van der Waals surface area contributed by atoms with Gasteiger partial charge in [-0.15, -0.1) is 0 Å². The van der Waals surface area contributed by atoms with Gasteiger partial charge in [0.2, 0.25) is 0 Å². The third-order valence-corrected chi connectivity index (χ3v) is 3.64. The van der Waals surface area contributed by atoms with Crippen molar-refractivity contribution in [3.63, 3.8) is 0 Å². The smallest absolute Gasteiger partial charge is 0.0521 e. The third kappa shape index (κ3) is 1.81. The van der Waals surface area contributed by atoms with Gasteiger partial charge in [0.25, 0.3) is 0 Å². The number of nitrogens with zero attached hydrogens (tertiary/aromatic N) is 2. The van der Waals surface area contributed by atoms with Crippen molar-refractivity contribution < 1.29 is 0 Å². The topological polar surface area (TPSA) is 29.9 Å². The van der Waals surface area contributed by atoms with Crippen LogP contribution in [0, 0.1) is 12.3 Å². The summed E-state index contributed by atoms with van der Waals surface area (Å²) >= 11 is 0. The minimum absolute atomic E-state index is 0.330. The van der Waals surface area contributed by atoms with Gasteiger partial charge >= 0.3 is 0 Å². The Morgan fingerprint density at radius 1 is 1.53 bits per heavy atom. The van der Waals surface area contributed by atoms with Crippen LogP contribution in [-0.4, -0.2) is 22.9 Å². The second kappa shape index (κ2) is 3.63. The Labute approximate surface area is 91.9 Å². The summed E-state index contributed by atoms with van der Waals surface area (Å²) < 4.78 is 2.05. The fraction of sp³-hybridized carbons (Fsp3) is 0.750. The second-order valence-corrected chi connectivity index (χ2v) is 5.34. The molecule has 0 saturated carbocycles. The van der Waals surface area contributed by atoms with Crippen molar-refractivity contribution in [1.29, 1.82) is 0 Å². The van der Waals surface area contributed by atoms with Crippen molar-refractivity contribution in [3.8, 4) is 0 Å². The van der Waals surface area contributed by atoms with E-state index in [1.807, 2.05) is 10.9 Å². The number of aryl methyl sites for hydroxylation is 2. The summed E-state index contributed by atoms with van der Waals surface area (Å²) in [6.07, 6.45) is 3.20. The van der Waals surface area contributed by atoms with Crippen molar-refractivity contribution in [2.75, 3.05) is 13.1 Å². The SMILES string of the molecule is Cc1cnn(C)c1C1CCNCC1(C)C. The van der Waals surface area contributed by atoms with Crippen molar-refractivity contribution in [2.45, 2.75) is 33.1 Å². The molecule has 1 atom stereocenters. The molecule has 2 rings (SSSR count). The average molecular weight is 207 g/mol. The van der Waals surface area contributed by atoms with E-state index in [1.54, 1.807) is 0 Å². The molecule has 15 heavy (non-hydrogen) atoms. The first-order valence-electron chi connectivity index (χ1n) is 5.71. The van der Waals surface area contributed by atoms with Gasteiger partial charge in [0.1, 0.15) is 0 Å². The highest BCUT2D eigenvalue weighted by molar-refractivity contribution is 5.23. The van der Waals surface area contributed by atoms with Crippen molar-refractivity contribution >= 4 is 0 Å². The predicted molar refractivity (Wildman–Crippen MR) is 62.0 cm³/mol. The largest absolute Gasteiger partial charge is 0.316 e. The molecule has 0 radical (unpaired) electrons. The minimum atomic E-state index is 0.330. The average Bonchev–Trinajstić information content (AvgIpc) is 2.47. The van der Waals surface area contributed by atoms with E-state index in [2.05, 4.69) is 38.2 Å². The van der Waals surface area contributed by atoms with Crippen molar-refractivity contribution in [3.05, 3.63) is 17.5 Å². The van der Waals surface area contributed by atoms with E-state index < -0.39 is 0 Å². The number of aromatic nitrogens is 2. The Morgan fingerprint density at radius 2 is 2.27 bits per heavy atom. The van der Waals surface area contributed by atoms with Crippen molar-refractivity contribution in [1.82, 2.24) is 15.1 Å². The van der Waals surface area contributed by atoms with Crippen LogP contribution in [0.1, 0.15) is 37.4 Å². The summed E-state index contributed by atoms with van der Waals surface area (Å²) in [5.41, 5.74) is 3.08. The van der Waals surface area contributed by atoms with Crippen LogP contribution >= 0.6 is 0 Å². The molecule has 1 aromatic heterocycles. The highest BCUT2D eigenvalue weighted by Crippen LogP contribution is 2.40. The van der Waals surface area contributed by atoms with Gasteiger partial charge in [-0.1, -0.05) is 13.8 Å². The van der Waals surface area contributed by atoms with Crippen LogP contribution in [0.3, 0.4) is 0 Å². The summed E-state index contributed by atoms with van der Waals surface area (Å²) in [6.45, 7) is 9.08. The quantitative estimate of drug-likeness (QED) is 0.761. The lowest BCUT2D eigenvalue weighted by atomic mass is 9.72. The standard InChI is InChI=1S/C12H21N3/c1-9-7-14-15(4)11(9)10-5-6-13-8-12(10,2)3/h7,10,13H,5-6,8H2,1-4H3. The minimum Gasteiger partial charge on any atom is -0.316 e. The van der Waals surface area contributed by atoms with E-state index in [4.69, 9.17) is 0 Å². The van der Waals surface area contributed by atoms with Crippen LogP contribution < -0.4 is 5.32 Å². The van der Waals surface area contributed by atoms with Crippen LogP contribution in [0.5, 0.6) is 0 Å². The highest BCUT2D eigenvalue weighted by Gasteiger charge is 2.35. The first-order chi connectivity index (χ1) is 7.02. The number of hydrogen-bond donors (Lipinski definition) is 1. The number of rotatable bonds is 1. The molecular weight excluding hydrogens is 186 g/mol. The maximum atomic E-state index is 4.35. The van der Waals surface area contributed by atoms with Crippen LogP contribution in [0.15, 0.2) is 6.20 Å². The lowest BCUT2D eigenvalue weighted by Crippen LogP contribution is -2.42. The van der Waals surface area contributed by atoms with Gasteiger partial charge in [-0.3, -0.25) is 4.68 Å². The number of hydrogen-bond acceptors (Lipinski definition) is 2. The highest BCUT2D eigenvalue weighted by atomic mass is 15.3. The Balaban J connectivity index is 2.37. The van der Waals surface area contributed by atoms with Crippen LogP contribution in [0.2, 0.25) is 0 Å². The van der Waals surface area contributed by atoms with Crippen LogP contribution in [-0.2, 0) is 7.05 Å². The monoisotopic (exact) mass is 207 g/mol. The summed E-state index contributed by atoms with van der Waals surface area (Å²) in [5.74, 6) is 0.631. The Morgan fingerprint density at radius 3 is 2.80 bits per heavy atom. The third-order valence-electron chi connectivity index (χ3n) is 3.64. The van der Waals surface area contributed by atoms with Gasteiger partial charge in [0.05, 0.1) is 6.20 Å². The van der Waals surface area contributed by atoms with Gasteiger partial charge in [-0.2, -0.15) is 5.10 Å². The first-order valence-corrected chi connectivity index (χ1v) is 5.71. The molecule has 0 spiro atoms. The van der Waals surface area contributed by atoms with Gasteiger partial charge in [0, 0.05) is 25.2 Å². The zero-order chi connectivity index (χ0) is 11.1. The Kier molecular flexibility index (Phi) is 2.59. The molecule has 1 aliphatic heterocycles. The van der Waals surface area contributed by atoms with E-state index in [-0.39, 0.29) is 0 Å². The van der Waals surface area contributed by atoms with Gasteiger partial charge in [-0.05, 0) is 30.9 Å². The summed E-state index contributed by atoms with van der Waals surface area (Å²) in [7, 11) is 2.06.